The molecule has 0 saturated heterocycles. The molecule has 0 spiro atoms. The number of hydrogen-bond donors (Lipinski definition) is 0. The van der Waals surface area contributed by atoms with Gasteiger partial charge in [-0.1, -0.05) is 19.9 Å². The van der Waals surface area contributed by atoms with Crippen molar-refractivity contribution in [2.24, 2.45) is 22.7 Å². The second-order valence-electron chi connectivity index (χ2n) is 5.47. The fourth-order valence-corrected chi connectivity index (χ4v) is 3.89. The molecular weight excluding hydrogens is 188 g/mol. The zero-order valence-corrected chi connectivity index (χ0v) is 9.88. The van der Waals surface area contributed by atoms with E-state index in [0.29, 0.717) is 18.3 Å². The Balaban J connectivity index is 2.41. The minimum atomic E-state index is -0.277. The Hall–Kier alpha value is -0.630. The van der Waals surface area contributed by atoms with Gasteiger partial charge in [0.05, 0.1) is 12.0 Å². The SMILES string of the molecule is C=C[C@]12CC[C@@H]([C@H](COC)C1=O)C2(C)C. The van der Waals surface area contributed by atoms with E-state index in [1.165, 1.54) is 0 Å². The predicted molar refractivity (Wildman–Crippen MR) is 59.5 cm³/mol. The van der Waals surface area contributed by atoms with E-state index in [9.17, 15) is 4.79 Å². The molecular formula is C13H20O2. The van der Waals surface area contributed by atoms with Crippen LogP contribution in [0.4, 0.5) is 0 Å². The Morgan fingerprint density at radius 2 is 2.27 bits per heavy atom. The van der Waals surface area contributed by atoms with E-state index in [-0.39, 0.29) is 16.7 Å². The molecule has 0 aliphatic heterocycles. The molecule has 2 heteroatoms. The Morgan fingerprint density at radius 1 is 1.60 bits per heavy atom. The van der Waals surface area contributed by atoms with Gasteiger partial charge in [-0.25, -0.2) is 0 Å². The van der Waals surface area contributed by atoms with Gasteiger partial charge in [-0.2, -0.15) is 0 Å². The number of allylic oxidation sites excluding steroid dienone is 1. The van der Waals surface area contributed by atoms with Crippen LogP contribution in [0, 0.1) is 22.7 Å². The van der Waals surface area contributed by atoms with Crippen LogP contribution in [-0.2, 0) is 9.53 Å². The number of ketones is 1. The van der Waals surface area contributed by atoms with Gasteiger partial charge in [0.25, 0.3) is 0 Å². The van der Waals surface area contributed by atoms with Crippen LogP contribution in [0.2, 0.25) is 0 Å². The number of rotatable bonds is 3. The maximum absolute atomic E-state index is 12.4. The van der Waals surface area contributed by atoms with Gasteiger partial charge in [-0.15, -0.1) is 6.58 Å². The Morgan fingerprint density at radius 3 is 2.73 bits per heavy atom. The highest BCUT2D eigenvalue weighted by molar-refractivity contribution is 5.93. The molecule has 2 fully saturated rings. The average molecular weight is 208 g/mol. The Kier molecular flexibility index (Phi) is 2.30. The molecule has 0 radical (unpaired) electrons. The number of fused-ring (bicyclic) bond motifs is 2. The zero-order valence-electron chi connectivity index (χ0n) is 9.88. The standard InChI is InChI=1S/C13H20O2/c1-5-13-7-6-10(12(13,2)3)9(8-15-4)11(13)14/h5,9-10H,1,6-8H2,2-4H3/t9-,10-,13-/m0/s1. The lowest BCUT2D eigenvalue weighted by Gasteiger charge is -2.33. The van der Waals surface area contributed by atoms with Gasteiger partial charge in [0, 0.05) is 13.0 Å². The number of carbonyl (C=O) groups is 1. The lowest BCUT2D eigenvalue weighted by Crippen LogP contribution is -2.35. The highest BCUT2D eigenvalue weighted by Crippen LogP contribution is 2.66. The molecule has 3 atom stereocenters. The summed E-state index contributed by atoms with van der Waals surface area (Å²) in [5.41, 5.74) is -0.212. The minimum absolute atomic E-state index is 0.0645. The highest BCUT2D eigenvalue weighted by Gasteiger charge is 2.66. The number of ether oxygens (including phenoxy) is 1. The Labute approximate surface area is 91.7 Å². The van der Waals surface area contributed by atoms with Gasteiger partial charge in [0.15, 0.2) is 0 Å². The molecule has 0 aromatic carbocycles. The molecule has 84 valence electrons. The quantitative estimate of drug-likeness (QED) is 0.666. The van der Waals surface area contributed by atoms with E-state index in [2.05, 4.69) is 20.4 Å². The fourth-order valence-electron chi connectivity index (χ4n) is 3.89. The van der Waals surface area contributed by atoms with Crippen molar-refractivity contribution in [3.63, 3.8) is 0 Å². The molecule has 2 nitrogen and oxygen atoms in total. The van der Waals surface area contributed by atoms with Crippen LogP contribution >= 0.6 is 0 Å². The average Bonchev–Trinajstić information content (AvgIpc) is 2.53. The van der Waals surface area contributed by atoms with Gasteiger partial charge in [0.1, 0.15) is 5.78 Å². The van der Waals surface area contributed by atoms with Crippen LogP contribution in [0.25, 0.3) is 0 Å². The summed E-state index contributed by atoms with van der Waals surface area (Å²) in [6.45, 7) is 8.88. The van der Waals surface area contributed by atoms with Crippen molar-refractivity contribution in [2.45, 2.75) is 26.7 Å². The van der Waals surface area contributed by atoms with Crippen LogP contribution in [0.1, 0.15) is 26.7 Å². The maximum Gasteiger partial charge on any atom is 0.148 e. The van der Waals surface area contributed by atoms with Crippen molar-refractivity contribution < 1.29 is 9.53 Å². The van der Waals surface area contributed by atoms with E-state index in [4.69, 9.17) is 4.74 Å². The monoisotopic (exact) mass is 208 g/mol. The first-order chi connectivity index (χ1) is 7.01. The second-order valence-corrected chi connectivity index (χ2v) is 5.47. The van der Waals surface area contributed by atoms with Gasteiger partial charge >= 0.3 is 0 Å². The second kappa shape index (κ2) is 3.18. The number of hydrogen-bond acceptors (Lipinski definition) is 2. The molecule has 2 aliphatic carbocycles. The summed E-state index contributed by atoms with van der Waals surface area (Å²) in [5, 5.41) is 0. The van der Waals surface area contributed by atoms with E-state index in [0.717, 1.165) is 12.8 Å². The largest absolute Gasteiger partial charge is 0.384 e. The summed E-state index contributed by atoms with van der Waals surface area (Å²) in [4.78, 5) is 12.4. The molecule has 2 rings (SSSR count). The molecule has 2 bridgehead atoms. The lowest BCUT2D eigenvalue weighted by atomic mass is 9.69. The molecule has 0 N–H and O–H groups in total. The summed E-state index contributed by atoms with van der Waals surface area (Å²) >= 11 is 0. The van der Waals surface area contributed by atoms with Crippen LogP contribution in [0.15, 0.2) is 12.7 Å². The van der Waals surface area contributed by atoms with Crippen molar-refractivity contribution in [2.75, 3.05) is 13.7 Å². The first-order valence-electron chi connectivity index (χ1n) is 5.68. The summed E-state index contributed by atoms with van der Waals surface area (Å²) in [6.07, 6.45) is 4.01. The first kappa shape index (κ1) is 10.9. The van der Waals surface area contributed by atoms with E-state index >= 15 is 0 Å². The maximum atomic E-state index is 12.4. The predicted octanol–water partition coefficient (Wildman–Crippen LogP) is 2.44. The third kappa shape index (κ3) is 1.06. The molecule has 15 heavy (non-hydrogen) atoms. The number of carbonyl (C=O) groups excluding carboxylic acids is 1. The number of methoxy groups -OCH3 is 1. The third-order valence-electron chi connectivity index (χ3n) is 4.88. The topological polar surface area (TPSA) is 26.3 Å². The van der Waals surface area contributed by atoms with Crippen molar-refractivity contribution in [3.05, 3.63) is 12.7 Å². The van der Waals surface area contributed by atoms with Gasteiger partial charge in [0.2, 0.25) is 0 Å². The highest BCUT2D eigenvalue weighted by atomic mass is 16.5. The molecule has 2 saturated carbocycles. The van der Waals surface area contributed by atoms with Crippen molar-refractivity contribution in [3.8, 4) is 0 Å². The molecule has 0 amide bonds. The van der Waals surface area contributed by atoms with Crippen molar-refractivity contribution in [1.29, 1.82) is 0 Å². The Bertz CT molecular complexity index is 306. The molecule has 2 aliphatic rings. The van der Waals surface area contributed by atoms with Gasteiger partial charge < -0.3 is 4.74 Å². The smallest absolute Gasteiger partial charge is 0.148 e. The summed E-state index contributed by atoms with van der Waals surface area (Å²) < 4.78 is 5.18. The van der Waals surface area contributed by atoms with Crippen molar-refractivity contribution in [1.82, 2.24) is 0 Å². The molecule has 0 aromatic rings. The molecule has 0 unspecified atom stereocenters. The lowest BCUT2D eigenvalue weighted by molar-refractivity contribution is -0.131. The molecule has 0 heterocycles. The van der Waals surface area contributed by atoms with Crippen molar-refractivity contribution >= 4 is 5.78 Å². The molecule has 0 aromatic heterocycles. The summed E-state index contributed by atoms with van der Waals surface area (Å²) in [7, 11) is 1.67. The van der Waals surface area contributed by atoms with Crippen LogP contribution in [0.5, 0.6) is 0 Å². The first-order valence-corrected chi connectivity index (χ1v) is 5.68. The third-order valence-corrected chi connectivity index (χ3v) is 4.88. The van der Waals surface area contributed by atoms with Gasteiger partial charge in [-0.3, -0.25) is 4.79 Å². The fraction of sp³-hybridized carbons (Fsp3) is 0.769. The van der Waals surface area contributed by atoms with Crippen LogP contribution in [-0.4, -0.2) is 19.5 Å². The normalized spacial score (nSPS) is 42.2. The number of Topliss-reactive ketones (excluding diaryl/α,β-unsaturated/α-hetero) is 1. The minimum Gasteiger partial charge on any atom is -0.384 e. The van der Waals surface area contributed by atoms with E-state index in [1.807, 2.05) is 6.08 Å². The van der Waals surface area contributed by atoms with E-state index < -0.39 is 0 Å². The zero-order chi connectivity index (χ0) is 11.3. The van der Waals surface area contributed by atoms with Crippen LogP contribution in [0.3, 0.4) is 0 Å². The van der Waals surface area contributed by atoms with E-state index in [1.54, 1.807) is 7.11 Å². The summed E-state index contributed by atoms with van der Waals surface area (Å²) in [6, 6.07) is 0. The van der Waals surface area contributed by atoms with Gasteiger partial charge in [-0.05, 0) is 24.2 Å². The van der Waals surface area contributed by atoms with Crippen LogP contribution < -0.4 is 0 Å². The summed E-state index contributed by atoms with van der Waals surface area (Å²) in [5.74, 6) is 0.931.